The molecule has 0 saturated heterocycles. The molecule has 106 valence electrons. The largest absolute Gasteiger partial charge is 0.468 e. The van der Waals surface area contributed by atoms with Crippen LogP contribution in [0, 0.1) is 6.92 Å². The van der Waals surface area contributed by atoms with Crippen molar-refractivity contribution in [3.63, 3.8) is 0 Å². The lowest BCUT2D eigenvalue weighted by Crippen LogP contribution is -2.45. The second-order valence-electron chi connectivity index (χ2n) is 4.58. The van der Waals surface area contributed by atoms with E-state index in [4.69, 9.17) is 4.74 Å². The molecular formula is C14H22N2O3. The molecule has 5 heteroatoms. The van der Waals surface area contributed by atoms with Gasteiger partial charge in [0.1, 0.15) is 6.04 Å². The molecule has 1 rings (SSSR count). The molecule has 0 bridgehead atoms. The van der Waals surface area contributed by atoms with E-state index < -0.39 is 6.04 Å². The first-order valence-electron chi connectivity index (χ1n) is 6.05. The van der Waals surface area contributed by atoms with E-state index >= 15 is 0 Å². The van der Waals surface area contributed by atoms with Gasteiger partial charge in [0.25, 0.3) is 5.91 Å². The van der Waals surface area contributed by atoms with Gasteiger partial charge in [0.05, 0.1) is 7.11 Å². The first-order valence-corrected chi connectivity index (χ1v) is 6.05. The van der Waals surface area contributed by atoms with E-state index in [0.29, 0.717) is 5.56 Å². The van der Waals surface area contributed by atoms with Crippen molar-refractivity contribution in [3.8, 4) is 0 Å². The Balaban J connectivity index is 0.00000361. The minimum atomic E-state index is -0.487. The van der Waals surface area contributed by atoms with Crippen LogP contribution in [0.2, 0.25) is 0 Å². The van der Waals surface area contributed by atoms with Crippen LogP contribution in [0.4, 0.5) is 0 Å². The van der Waals surface area contributed by atoms with Gasteiger partial charge in [-0.15, -0.1) is 0 Å². The zero-order valence-corrected chi connectivity index (χ0v) is 11.8. The molecule has 1 N–H and O–H groups in total. The predicted molar refractivity (Wildman–Crippen MR) is 75.1 cm³/mol. The Morgan fingerprint density at radius 2 is 1.89 bits per heavy atom. The quantitative estimate of drug-likeness (QED) is 0.810. The molecule has 1 atom stereocenters. The van der Waals surface area contributed by atoms with Crippen molar-refractivity contribution >= 4 is 11.9 Å². The molecule has 0 aliphatic heterocycles. The van der Waals surface area contributed by atoms with E-state index in [1.165, 1.54) is 7.11 Å². The Hall–Kier alpha value is -1.88. The summed E-state index contributed by atoms with van der Waals surface area (Å²) in [5, 5.41) is 2.73. The standard InChI is InChI=1S/C14H20N2O3.H2/c1-10-5-7-11(8-6-10)13(17)15-9-12(16(2)3)14(18)19-4;/h5-8,12H,9H2,1-4H3,(H,15,17);1H. The third-order valence-corrected chi connectivity index (χ3v) is 2.87. The van der Waals surface area contributed by atoms with E-state index in [0.717, 1.165) is 5.56 Å². The summed E-state index contributed by atoms with van der Waals surface area (Å²) in [6, 6.07) is 6.78. The fraction of sp³-hybridized carbons (Fsp3) is 0.429. The highest BCUT2D eigenvalue weighted by molar-refractivity contribution is 5.94. The first kappa shape index (κ1) is 15.2. The van der Waals surface area contributed by atoms with Crippen LogP contribution in [-0.2, 0) is 9.53 Å². The number of nitrogens with one attached hydrogen (secondary N) is 1. The van der Waals surface area contributed by atoms with Crippen molar-refractivity contribution in [1.82, 2.24) is 10.2 Å². The van der Waals surface area contributed by atoms with Crippen molar-refractivity contribution in [2.24, 2.45) is 0 Å². The zero-order valence-electron chi connectivity index (χ0n) is 11.8. The summed E-state index contributed by atoms with van der Waals surface area (Å²) >= 11 is 0. The lowest BCUT2D eigenvalue weighted by molar-refractivity contribution is -0.145. The van der Waals surface area contributed by atoms with Gasteiger partial charge in [0.2, 0.25) is 0 Å². The third-order valence-electron chi connectivity index (χ3n) is 2.87. The molecule has 0 radical (unpaired) electrons. The van der Waals surface area contributed by atoms with Crippen molar-refractivity contribution in [2.45, 2.75) is 13.0 Å². The van der Waals surface area contributed by atoms with E-state index in [9.17, 15) is 9.59 Å². The Labute approximate surface area is 115 Å². The highest BCUT2D eigenvalue weighted by Gasteiger charge is 2.22. The summed E-state index contributed by atoms with van der Waals surface area (Å²) < 4.78 is 4.70. The molecule has 0 spiro atoms. The van der Waals surface area contributed by atoms with Crippen LogP contribution in [0.5, 0.6) is 0 Å². The number of esters is 1. The number of hydrogen-bond donors (Lipinski definition) is 1. The molecule has 0 aromatic heterocycles. The van der Waals surface area contributed by atoms with Crippen LogP contribution in [0.1, 0.15) is 17.3 Å². The summed E-state index contributed by atoms with van der Waals surface area (Å²) in [5.41, 5.74) is 1.67. The fourth-order valence-electron chi connectivity index (χ4n) is 1.61. The summed E-state index contributed by atoms with van der Waals surface area (Å²) in [5.74, 6) is -0.565. The monoisotopic (exact) mass is 266 g/mol. The van der Waals surface area contributed by atoms with Crippen LogP contribution in [0.15, 0.2) is 24.3 Å². The van der Waals surface area contributed by atoms with Gasteiger partial charge in [-0.05, 0) is 33.2 Å². The van der Waals surface area contributed by atoms with Crippen LogP contribution in [-0.4, -0.2) is 50.6 Å². The Kier molecular flexibility index (Phi) is 5.51. The minimum absolute atomic E-state index is 0. The van der Waals surface area contributed by atoms with Gasteiger partial charge >= 0.3 is 5.97 Å². The van der Waals surface area contributed by atoms with Crippen LogP contribution >= 0.6 is 0 Å². The van der Waals surface area contributed by atoms with E-state index in [1.807, 2.05) is 19.1 Å². The zero-order chi connectivity index (χ0) is 14.4. The second kappa shape index (κ2) is 6.89. The average Bonchev–Trinajstić information content (AvgIpc) is 2.38. The molecule has 0 fully saturated rings. The van der Waals surface area contributed by atoms with Gasteiger partial charge in [0.15, 0.2) is 0 Å². The molecule has 19 heavy (non-hydrogen) atoms. The van der Waals surface area contributed by atoms with Gasteiger partial charge in [-0.25, -0.2) is 0 Å². The van der Waals surface area contributed by atoms with Crippen molar-refractivity contribution in [1.29, 1.82) is 0 Å². The number of amides is 1. The molecule has 0 saturated carbocycles. The number of likely N-dealkylation sites (N-methyl/N-ethyl adjacent to an activating group) is 1. The third kappa shape index (κ3) is 4.37. The Morgan fingerprint density at radius 1 is 1.32 bits per heavy atom. The van der Waals surface area contributed by atoms with E-state index in [2.05, 4.69) is 5.32 Å². The minimum Gasteiger partial charge on any atom is -0.468 e. The maximum absolute atomic E-state index is 11.9. The molecule has 1 unspecified atom stereocenters. The summed E-state index contributed by atoms with van der Waals surface area (Å²) in [6.07, 6.45) is 0. The lowest BCUT2D eigenvalue weighted by atomic mass is 10.1. The number of rotatable bonds is 5. The number of carbonyl (C=O) groups is 2. The normalized spacial score (nSPS) is 12.1. The van der Waals surface area contributed by atoms with Gasteiger partial charge < -0.3 is 10.1 Å². The van der Waals surface area contributed by atoms with Gasteiger partial charge in [0, 0.05) is 13.5 Å². The molecule has 5 nitrogen and oxygen atoms in total. The van der Waals surface area contributed by atoms with Crippen molar-refractivity contribution < 1.29 is 15.8 Å². The van der Waals surface area contributed by atoms with Gasteiger partial charge in [-0.1, -0.05) is 17.7 Å². The number of carbonyl (C=O) groups excluding carboxylic acids is 2. The molecule has 1 aromatic rings. The number of hydrogen-bond acceptors (Lipinski definition) is 4. The molecule has 0 aliphatic carbocycles. The van der Waals surface area contributed by atoms with E-state index in [1.54, 1.807) is 31.1 Å². The smallest absolute Gasteiger partial charge is 0.324 e. The molecule has 0 aliphatic rings. The molecule has 1 aromatic carbocycles. The molecule has 0 heterocycles. The number of aryl methyl sites for hydroxylation is 1. The van der Waals surface area contributed by atoms with Crippen LogP contribution < -0.4 is 5.32 Å². The Morgan fingerprint density at radius 3 is 2.37 bits per heavy atom. The highest BCUT2D eigenvalue weighted by Crippen LogP contribution is 2.03. The predicted octanol–water partition coefficient (Wildman–Crippen LogP) is 1.07. The topological polar surface area (TPSA) is 58.6 Å². The maximum atomic E-state index is 11.9. The number of nitrogens with zero attached hydrogens (tertiary/aromatic N) is 1. The molecular weight excluding hydrogens is 244 g/mol. The highest BCUT2D eigenvalue weighted by atomic mass is 16.5. The second-order valence-corrected chi connectivity index (χ2v) is 4.58. The summed E-state index contributed by atoms with van der Waals surface area (Å²) in [7, 11) is 4.86. The van der Waals surface area contributed by atoms with Gasteiger partial charge in [-0.2, -0.15) is 0 Å². The number of ether oxygens (including phenoxy) is 1. The fourth-order valence-corrected chi connectivity index (χ4v) is 1.61. The number of benzene rings is 1. The average molecular weight is 266 g/mol. The maximum Gasteiger partial charge on any atom is 0.324 e. The first-order chi connectivity index (χ1) is 8.95. The van der Waals surface area contributed by atoms with Crippen LogP contribution in [0.25, 0.3) is 0 Å². The van der Waals surface area contributed by atoms with Crippen LogP contribution in [0.3, 0.4) is 0 Å². The summed E-state index contributed by atoms with van der Waals surface area (Å²) in [4.78, 5) is 25.2. The summed E-state index contributed by atoms with van der Waals surface area (Å²) in [6.45, 7) is 2.17. The van der Waals surface area contributed by atoms with E-state index in [-0.39, 0.29) is 19.8 Å². The van der Waals surface area contributed by atoms with Gasteiger partial charge in [-0.3, -0.25) is 14.5 Å². The van der Waals surface area contributed by atoms with Crippen molar-refractivity contribution in [3.05, 3.63) is 35.4 Å². The SMILES string of the molecule is COC(=O)C(CNC(=O)c1ccc(C)cc1)N(C)C.[HH]. The lowest BCUT2D eigenvalue weighted by Gasteiger charge is -2.21. The molecule has 1 amide bonds. The Bertz CT molecular complexity index is 446. The number of methoxy groups -OCH3 is 1. The van der Waals surface area contributed by atoms with Crippen molar-refractivity contribution in [2.75, 3.05) is 27.7 Å².